The minimum absolute atomic E-state index is 0. The number of hydrogen-bond acceptors (Lipinski definition) is 4. The van der Waals surface area contributed by atoms with Gasteiger partial charge in [-0.1, -0.05) is 13.8 Å². The van der Waals surface area contributed by atoms with Crippen LogP contribution in [-0.4, -0.2) is 30.0 Å². The molecule has 0 bridgehead atoms. The highest BCUT2D eigenvalue weighted by molar-refractivity contribution is 7.11. The predicted octanol–water partition coefficient (Wildman–Crippen LogP) is 1.99. The lowest BCUT2D eigenvalue weighted by molar-refractivity contribution is 0.0872. The van der Waals surface area contributed by atoms with E-state index in [1.807, 2.05) is 6.92 Å². The summed E-state index contributed by atoms with van der Waals surface area (Å²) in [6.45, 7) is 8.15. The van der Waals surface area contributed by atoms with Crippen LogP contribution < -0.4 is 10.6 Å². The number of hydrogen-bond donors (Lipinski definition) is 2. The fraction of sp³-hybridized carbons (Fsp3) is 0.667. The Balaban J connectivity index is 0.00000162. The zero-order valence-electron chi connectivity index (χ0n) is 10.9. The fourth-order valence-electron chi connectivity index (χ4n) is 2.18. The first kappa shape index (κ1) is 15.4. The van der Waals surface area contributed by atoms with Gasteiger partial charge in [0.25, 0.3) is 5.91 Å². The maximum Gasteiger partial charge on any atom is 0.263 e. The summed E-state index contributed by atoms with van der Waals surface area (Å²) >= 11 is 1.41. The summed E-state index contributed by atoms with van der Waals surface area (Å²) in [5, 5.41) is 6.51. The van der Waals surface area contributed by atoms with Crippen molar-refractivity contribution in [2.75, 3.05) is 13.1 Å². The molecule has 2 rings (SSSR count). The summed E-state index contributed by atoms with van der Waals surface area (Å²) in [5.74, 6) is 0.0185. The van der Waals surface area contributed by atoms with E-state index >= 15 is 0 Å². The van der Waals surface area contributed by atoms with Crippen molar-refractivity contribution in [1.82, 2.24) is 15.6 Å². The van der Waals surface area contributed by atoms with E-state index in [1.54, 1.807) is 5.51 Å². The quantitative estimate of drug-likeness (QED) is 0.875. The van der Waals surface area contributed by atoms with Crippen molar-refractivity contribution in [3.8, 4) is 0 Å². The number of rotatable bonds is 2. The third-order valence-corrected chi connectivity index (χ3v) is 4.32. The molecule has 1 atom stereocenters. The first-order valence-corrected chi connectivity index (χ1v) is 6.80. The lowest BCUT2D eigenvalue weighted by Gasteiger charge is -2.39. The van der Waals surface area contributed by atoms with E-state index in [1.165, 1.54) is 11.3 Å². The number of nitrogens with zero attached hydrogens (tertiary/aromatic N) is 1. The second-order valence-corrected chi connectivity index (χ2v) is 6.10. The van der Waals surface area contributed by atoms with Gasteiger partial charge in [0.2, 0.25) is 0 Å². The highest BCUT2D eigenvalue weighted by Crippen LogP contribution is 2.25. The maximum atomic E-state index is 12.1. The first-order chi connectivity index (χ1) is 8.00. The maximum absolute atomic E-state index is 12.1. The minimum atomic E-state index is 0. The van der Waals surface area contributed by atoms with Crippen LogP contribution in [-0.2, 0) is 0 Å². The van der Waals surface area contributed by atoms with Crippen LogP contribution in [0.1, 0.15) is 35.6 Å². The molecule has 0 aliphatic carbocycles. The zero-order chi connectivity index (χ0) is 12.5. The summed E-state index contributed by atoms with van der Waals surface area (Å²) in [7, 11) is 0. The van der Waals surface area contributed by atoms with E-state index in [0.717, 1.165) is 30.1 Å². The van der Waals surface area contributed by atoms with Gasteiger partial charge < -0.3 is 10.6 Å². The molecule has 1 aromatic heterocycles. The molecule has 1 unspecified atom stereocenters. The van der Waals surface area contributed by atoms with E-state index in [-0.39, 0.29) is 29.8 Å². The molecule has 0 aromatic carbocycles. The smallest absolute Gasteiger partial charge is 0.263 e. The van der Waals surface area contributed by atoms with Gasteiger partial charge in [0.05, 0.1) is 11.2 Å². The average molecular weight is 290 g/mol. The largest absolute Gasteiger partial charge is 0.348 e. The summed E-state index contributed by atoms with van der Waals surface area (Å²) in [4.78, 5) is 17.0. The van der Waals surface area contributed by atoms with Gasteiger partial charge in [-0.2, -0.15) is 0 Å². The van der Waals surface area contributed by atoms with Crippen molar-refractivity contribution in [2.24, 2.45) is 5.41 Å². The number of halogens is 1. The monoisotopic (exact) mass is 289 g/mol. The first-order valence-electron chi connectivity index (χ1n) is 5.92. The van der Waals surface area contributed by atoms with E-state index in [9.17, 15) is 4.79 Å². The van der Waals surface area contributed by atoms with Crippen molar-refractivity contribution in [1.29, 1.82) is 0 Å². The number of aromatic nitrogens is 1. The Hall–Kier alpha value is -0.650. The summed E-state index contributed by atoms with van der Waals surface area (Å²) < 4.78 is 0. The van der Waals surface area contributed by atoms with Crippen LogP contribution in [0.5, 0.6) is 0 Å². The minimum Gasteiger partial charge on any atom is -0.348 e. The van der Waals surface area contributed by atoms with Gasteiger partial charge in [0, 0.05) is 12.6 Å². The second kappa shape index (κ2) is 5.99. The normalized spacial score (nSPS) is 22.1. The Bertz CT molecular complexity index is 419. The molecule has 2 N–H and O–H groups in total. The van der Waals surface area contributed by atoms with Crippen LogP contribution in [0.3, 0.4) is 0 Å². The van der Waals surface area contributed by atoms with Crippen LogP contribution in [0.25, 0.3) is 0 Å². The Morgan fingerprint density at radius 1 is 1.61 bits per heavy atom. The molecule has 18 heavy (non-hydrogen) atoms. The van der Waals surface area contributed by atoms with Crippen LogP contribution in [0.4, 0.5) is 0 Å². The third-order valence-electron chi connectivity index (χ3n) is 3.39. The number of amides is 1. The molecule has 4 nitrogen and oxygen atoms in total. The van der Waals surface area contributed by atoms with Crippen LogP contribution in [0.15, 0.2) is 5.51 Å². The van der Waals surface area contributed by atoms with Crippen LogP contribution >= 0.6 is 23.7 Å². The van der Waals surface area contributed by atoms with Gasteiger partial charge in [0.15, 0.2) is 0 Å². The third kappa shape index (κ3) is 3.22. The van der Waals surface area contributed by atoms with E-state index in [2.05, 4.69) is 29.5 Å². The molecule has 0 spiro atoms. The van der Waals surface area contributed by atoms with E-state index in [4.69, 9.17) is 0 Å². The number of carbonyl (C=O) groups is 1. The highest BCUT2D eigenvalue weighted by atomic mass is 35.5. The predicted molar refractivity (Wildman–Crippen MR) is 76.6 cm³/mol. The van der Waals surface area contributed by atoms with E-state index in [0.29, 0.717) is 0 Å². The molecular weight excluding hydrogens is 270 g/mol. The van der Waals surface area contributed by atoms with Crippen molar-refractivity contribution in [2.45, 2.75) is 33.2 Å². The number of nitrogens with one attached hydrogen (secondary N) is 2. The molecule has 6 heteroatoms. The molecule has 1 aliphatic rings. The highest BCUT2D eigenvalue weighted by Gasteiger charge is 2.33. The Morgan fingerprint density at radius 2 is 2.33 bits per heavy atom. The molecule has 1 fully saturated rings. The number of carbonyl (C=O) groups excluding carboxylic acids is 1. The molecule has 1 aromatic rings. The van der Waals surface area contributed by atoms with Gasteiger partial charge in [-0.15, -0.1) is 23.7 Å². The summed E-state index contributed by atoms with van der Waals surface area (Å²) in [6, 6.07) is 0.234. The molecule has 0 saturated carbocycles. The Labute approximate surface area is 118 Å². The van der Waals surface area contributed by atoms with Gasteiger partial charge >= 0.3 is 0 Å². The van der Waals surface area contributed by atoms with Crippen molar-refractivity contribution in [3.63, 3.8) is 0 Å². The van der Waals surface area contributed by atoms with Crippen LogP contribution in [0.2, 0.25) is 0 Å². The SMILES string of the molecule is Cc1ncsc1C(=O)NC1CCNCC1(C)C.Cl. The van der Waals surface area contributed by atoms with Gasteiger partial charge in [-0.25, -0.2) is 4.98 Å². The molecule has 1 saturated heterocycles. The standard InChI is InChI=1S/C12H19N3OS.ClH/c1-8-10(17-7-14-8)11(16)15-9-4-5-13-6-12(9,2)3;/h7,9,13H,4-6H2,1-3H3,(H,15,16);1H. The summed E-state index contributed by atoms with van der Waals surface area (Å²) in [5.41, 5.74) is 2.64. The zero-order valence-corrected chi connectivity index (χ0v) is 12.6. The number of aryl methyl sites for hydroxylation is 1. The van der Waals surface area contributed by atoms with E-state index < -0.39 is 0 Å². The van der Waals surface area contributed by atoms with Crippen molar-refractivity contribution >= 4 is 29.7 Å². The second-order valence-electron chi connectivity index (χ2n) is 5.25. The van der Waals surface area contributed by atoms with Crippen LogP contribution in [0, 0.1) is 12.3 Å². The molecule has 1 aliphatic heterocycles. The average Bonchev–Trinajstić information content (AvgIpc) is 2.67. The lowest BCUT2D eigenvalue weighted by atomic mass is 9.80. The molecule has 1 amide bonds. The Morgan fingerprint density at radius 3 is 2.89 bits per heavy atom. The van der Waals surface area contributed by atoms with Gasteiger partial charge in [0.1, 0.15) is 4.88 Å². The lowest BCUT2D eigenvalue weighted by Crippen LogP contribution is -2.54. The van der Waals surface area contributed by atoms with Crippen molar-refractivity contribution < 1.29 is 4.79 Å². The molecule has 0 radical (unpaired) electrons. The van der Waals surface area contributed by atoms with Gasteiger partial charge in [-0.3, -0.25) is 4.79 Å². The fourth-order valence-corrected chi connectivity index (χ4v) is 2.89. The number of piperidine rings is 1. The van der Waals surface area contributed by atoms with Crippen molar-refractivity contribution in [3.05, 3.63) is 16.1 Å². The molecular formula is C12H20ClN3OS. The van der Waals surface area contributed by atoms with Gasteiger partial charge in [-0.05, 0) is 25.3 Å². The number of thiazole rings is 1. The summed E-state index contributed by atoms with van der Waals surface area (Å²) in [6.07, 6.45) is 0.983. The Kier molecular flexibility index (Phi) is 5.13. The molecule has 2 heterocycles. The topological polar surface area (TPSA) is 54.0 Å². The molecule has 102 valence electrons.